The fourth-order valence-corrected chi connectivity index (χ4v) is 3.63. The lowest BCUT2D eigenvalue weighted by Crippen LogP contribution is -2.09. The summed E-state index contributed by atoms with van der Waals surface area (Å²) in [7, 11) is 0. The summed E-state index contributed by atoms with van der Waals surface area (Å²) in [6.45, 7) is 8.13. The third-order valence-corrected chi connectivity index (χ3v) is 5.14. The molecule has 4 rings (SSSR count). The number of carboxylic acids is 1. The van der Waals surface area contributed by atoms with Crippen LogP contribution < -0.4 is 10.1 Å². The molecule has 2 N–H and O–H groups in total. The number of hydrogen-bond donors (Lipinski definition) is 2. The van der Waals surface area contributed by atoms with Crippen molar-refractivity contribution in [1.29, 1.82) is 0 Å². The predicted molar refractivity (Wildman–Crippen MR) is 115 cm³/mol. The van der Waals surface area contributed by atoms with Crippen molar-refractivity contribution >= 4 is 17.5 Å². The monoisotopic (exact) mass is 417 g/mol. The molecule has 6 nitrogen and oxygen atoms in total. The highest BCUT2D eigenvalue weighted by Gasteiger charge is 2.17. The number of benzene rings is 2. The molecule has 0 amide bonds. The number of aliphatic carboxylic acids is 1. The Labute approximate surface area is 179 Å². The van der Waals surface area contributed by atoms with Crippen LogP contribution in [0.1, 0.15) is 23.1 Å². The highest BCUT2D eigenvalue weighted by Crippen LogP contribution is 2.31. The van der Waals surface area contributed by atoms with Crippen LogP contribution >= 0.6 is 0 Å². The first-order valence-electron chi connectivity index (χ1n) is 9.91. The number of ether oxygens (including phenoxy) is 1. The summed E-state index contributed by atoms with van der Waals surface area (Å²) in [6.07, 6.45) is 1.02. The standard InChI is InChI=1S/C24H20FN3O3/c1-26-18-8-7-16-14-27-23-6-2-5-21(28-23)19-13-22(31-9-3-4-15(16)10-18)17(11-20(19)25)12-24(29)30/h2,5-8,10-11,13H,3-4,9,12,14H2,(H,27,28)(H,29,30). The Hall–Kier alpha value is -3.92. The molecule has 1 aliphatic rings. The van der Waals surface area contributed by atoms with Crippen LogP contribution in [0.25, 0.3) is 16.1 Å². The van der Waals surface area contributed by atoms with Crippen molar-refractivity contribution < 1.29 is 19.0 Å². The molecule has 0 aliphatic carbocycles. The number of anilines is 1. The zero-order chi connectivity index (χ0) is 21.8. The molecule has 31 heavy (non-hydrogen) atoms. The van der Waals surface area contributed by atoms with E-state index in [4.69, 9.17) is 11.3 Å². The Morgan fingerprint density at radius 2 is 2.10 bits per heavy atom. The number of nitrogens with one attached hydrogen (secondary N) is 1. The Morgan fingerprint density at radius 3 is 2.90 bits per heavy atom. The van der Waals surface area contributed by atoms with Crippen molar-refractivity contribution in [2.24, 2.45) is 0 Å². The molecule has 0 fully saturated rings. The zero-order valence-electron chi connectivity index (χ0n) is 16.7. The van der Waals surface area contributed by atoms with E-state index < -0.39 is 11.8 Å². The molecule has 156 valence electrons. The maximum Gasteiger partial charge on any atom is 0.307 e. The number of aromatic nitrogens is 1. The van der Waals surface area contributed by atoms with E-state index in [2.05, 4.69) is 15.1 Å². The summed E-state index contributed by atoms with van der Waals surface area (Å²) in [5, 5.41) is 12.5. The first kappa shape index (κ1) is 20.4. The van der Waals surface area contributed by atoms with Crippen LogP contribution in [-0.2, 0) is 24.2 Å². The summed E-state index contributed by atoms with van der Waals surface area (Å²) in [5.41, 5.74) is 3.64. The van der Waals surface area contributed by atoms with Crippen molar-refractivity contribution in [3.63, 3.8) is 0 Å². The number of carboxylic acid groups (broad SMARTS) is 1. The van der Waals surface area contributed by atoms with Crippen molar-refractivity contribution in [1.82, 2.24) is 4.98 Å². The van der Waals surface area contributed by atoms with Gasteiger partial charge in [0.25, 0.3) is 0 Å². The highest BCUT2D eigenvalue weighted by molar-refractivity contribution is 5.73. The van der Waals surface area contributed by atoms with Gasteiger partial charge in [-0.25, -0.2) is 14.2 Å². The number of halogens is 1. The largest absolute Gasteiger partial charge is 0.493 e. The third-order valence-electron chi connectivity index (χ3n) is 5.14. The minimum Gasteiger partial charge on any atom is -0.493 e. The summed E-state index contributed by atoms with van der Waals surface area (Å²) in [6, 6.07) is 13.6. The fourth-order valence-electron chi connectivity index (χ4n) is 3.63. The molecule has 0 atom stereocenters. The van der Waals surface area contributed by atoms with Crippen LogP contribution in [0.2, 0.25) is 0 Å². The molecule has 2 aromatic carbocycles. The summed E-state index contributed by atoms with van der Waals surface area (Å²) in [4.78, 5) is 19.3. The lowest BCUT2D eigenvalue weighted by atomic mass is 10.0. The number of pyridine rings is 1. The van der Waals surface area contributed by atoms with Gasteiger partial charge in [0.05, 0.1) is 25.3 Å². The first-order chi connectivity index (χ1) is 15.0. The second kappa shape index (κ2) is 8.84. The highest BCUT2D eigenvalue weighted by atomic mass is 19.1. The van der Waals surface area contributed by atoms with Gasteiger partial charge < -0.3 is 15.2 Å². The number of fused-ring (bicyclic) bond motifs is 6. The second-order valence-corrected chi connectivity index (χ2v) is 7.29. The maximum atomic E-state index is 14.8. The van der Waals surface area contributed by atoms with E-state index in [-0.39, 0.29) is 17.5 Å². The van der Waals surface area contributed by atoms with Crippen LogP contribution in [0.3, 0.4) is 0 Å². The van der Waals surface area contributed by atoms with Gasteiger partial charge in [0.2, 0.25) is 0 Å². The Balaban J connectivity index is 1.76. The molecular formula is C24H20FN3O3. The minimum atomic E-state index is -1.06. The van der Waals surface area contributed by atoms with Gasteiger partial charge in [-0.15, -0.1) is 0 Å². The molecule has 0 unspecified atom stereocenters. The third kappa shape index (κ3) is 4.64. The van der Waals surface area contributed by atoms with E-state index in [0.29, 0.717) is 48.9 Å². The molecule has 1 aromatic heterocycles. The predicted octanol–water partition coefficient (Wildman–Crippen LogP) is 5.00. The summed E-state index contributed by atoms with van der Waals surface area (Å²) >= 11 is 0. The van der Waals surface area contributed by atoms with Gasteiger partial charge in [-0.05, 0) is 42.7 Å². The Morgan fingerprint density at radius 1 is 1.23 bits per heavy atom. The first-order valence-corrected chi connectivity index (χ1v) is 9.91. The van der Waals surface area contributed by atoms with Crippen LogP contribution in [0.15, 0.2) is 48.5 Å². The van der Waals surface area contributed by atoms with E-state index in [9.17, 15) is 14.3 Å². The van der Waals surface area contributed by atoms with E-state index in [0.717, 1.165) is 11.1 Å². The molecule has 1 aliphatic heterocycles. The van der Waals surface area contributed by atoms with Gasteiger partial charge in [0.1, 0.15) is 17.4 Å². The number of hydrogen-bond acceptors (Lipinski definition) is 4. The zero-order valence-corrected chi connectivity index (χ0v) is 16.7. The van der Waals surface area contributed by atoms with Gasteiger partial charge in [0, 0.05) is 17.7 Å². The van der Waals surface area contributed by atoms with Crippen molar-refractivity contribution in [2.75, 3.05) is 11.9 Å². The summed E-state index contributed by atoms with van der Waals surface area (Å²) < 4.78 is 20.7. The van der Waals surface area contributed by atoms with Crippen LogP contribution in [0, 0.1) is 12.4 Å². The molecule has 4 bridgehead atoms. The molecule has 0 spiro atoms. The van der Waals surface area contributed by atoms with Gasteiger partial charge in [-0.2, -0.15) is 0 Å². The molecular weight excluding hydrogens is 397 g/mol. The van der Waals surface area contributed by atoms with Crippen molar-refractivity contribution in [2.45, 2.75) is 25.8 Å². The molecule has 7 heteroatoms. The topological polar surface area (TPSA) is 75.8 Å². The van der Waals surface area contributed by atoms with Crippen molar-refractivity contribution in [3.8, 4) is 17.0 Å². The van der Waals surface area contributed by atoms with Gasteiger partial charge in [-0.3, -0.25) is 4.79 Å². The van der Waals surface area contributed by atoms with Gasteiger partial charge in [-0.1, -0.05) is 29.8 Å². The molecule has 0 radical (unpaired) electrons. The second-order valence-electron chi connectivity index (χ2n) is 7.29. The number of aryl methyl sites for hydroxylation is 1. The number of rotatable bonds is 2. The van der Waals surface area contributed by atoms with Crippen LogP contribution in [0.5, 0.6) is 5.75 Å². The van der Waals surface area contributed by atoms with Crippen LogP contribution in [0.4, 0.5) is 15.9 Å². The van der Waals surface area contributed by atoms with E-state index >= 15 is 0 Å². The van der Waals surface area contributed by atoms with E-state index in [1.54, 1.807) is 24.3 Å². The average Bonchev–Trinajstić information content (AvgIpc) is 2.76. The van der Waals surface area contributed by atoms with E-state index in [1.165, 1.54) is 12.1 Å². The smallest absolute Gasteiger partial charge is 0.307 e. The maximum absolute atomic E-state index is 14.8. The minimum absolute atomic E-state index is 0.256. The normalized spacial score (nSPS) is 13.0. The lowest BCUT2D eigenvalue weighted by Gasteiger charge is -2.16. The van der Waals surface area contributed by atoms with Crippen LogP contribution in [-0.4, -0.2) is 22.7 Å². The van der Waals surface area contributed by atoms with Gasteiger partial charge >= 0.3 is 5.97 Å². The fraction of sp³-hybridized carbons (Fsp3) is 0.208. The van der Waals surface area contributed by atoms with Gasteiger partial charge in [0.15, 0.2) is 5.69 Å². The van der Waals surface area contributed by atoms with Crippen molar-refractivity contribution in [3.05, 3.63) is 82.5 Å². The summed E-state index contributed by atoms with van der Waals surface area (Å²) in [5.74, 6) is -0.675. The number of carbonyl (C=O) groups is 1. The lowest BCUT2D eigenvalue weighted by molar-refractivity contribution is -0.136. The SMILES string of the molecule is [C-]#[N+]c1ccc2c(c1)CCCOc1cc(c(F)cc1CC(=O)O)-c1cccc(n1)NC2. The Bertz CT molecular complexity index is 1190. The molecule has 3 aromatic rings. The average molecular weight is 417 g/mol. The van der Waals surface area contributed by atoms with E-state index in [1.807, 2.05) is 12.1 Å². The molecule has 0 saturated carbocycles. The number of nitrogens with zero attached hydrogens (tertiary/aromatic N) is 2. The Kier molecular flexibility index (Phi) is 5.80. The quantitative estimate of drug-likeness (QED) is 0.574. The molecule has 0 saturated heterocycles. The molecule has 2 heterocycles.